The third-order valence-electron chi connectivity index (χ3n) is 2.63. The van der Waals surface area contributed by atoms with Gasteiger partial charge in [0, 0.05) is 13.1 Å². The molecule has 1 saturated carbocycles. The van der Waals surface area contributed by atoms with Gasteiger partial charge in [0.15, 0.2) is 0 Å². The van der Waals surface area contributed by atoms with Crippen molar-refractivity contribution >= 4 is 0 Å². The summed E-state index contributed by atoms with van der Waals surface area (Å²) in [6, 6.07) is 0. The van der Waals surface area contributed by atoms with Gasteiger partial charge in [-0.15, -0.1) is 0 Å². The Hall–Kier alpha value is -0.160. The molecule has 14 heavy (non-hydrogen) atoms. The number of aliphatic hydroxyl groups is 2. The molecular formula is C10H21NO3. The Morgan fingerprint density at radius 3 is 2.64 bits per heavy atom. The molecule has 0 heterocycles. The molecule has 84 valence electrons. The van der Waals surface area contributed by atoms with E-state index in [1.165, 1.54) is 0 Å². The molecule has 1 aliphatic rings. The largest absolute Gasteiger partial charge is 0.394 e. The van der Waals surface area contributed by atoms with E-state index >= 15 is 0 Å². The molecule has 4 nitrogen and oxygen atoms in total. The van der Waals surface area contributed by atoms with Crippen LogP contribution >= 0.6 is 0 Å². The lowest BCUT2D eigenvalue weighted by Crippen LogP contribution is -2.38. The van der Waals surface area contributed by atoms with Crippen LogP contribution in [0.25, 0.3) is 0 Å². The highest BCUT2D eigenvalue weighted by molar-refractivity contribution is 4.80. The van der Waals surface area contributed by atoms with Crippen LogP contribution in [-0.2, 0) is 4.74 Å². The normalized spacial score (nSPS) is 26.6. The fourth-order valence-corrected chi connectivity index (χ4v) is 1.77. The highest BCUT2D eigenvalue weighted by Gasteiger charge is 2.27. The van der Waals surface area contributed by atoms with Gasteiger partial charge < -0.3 is 19.8 Å². The molecule has 1 aliphatic carbocycles. The first-order valence-corrected chi connectivity index (χ1v) is 5.27. The maximum atomic E-state index is 9.11. The summed E-state index contributed by atoms with van der Waals surface area (Å²) in [6.45, 7) is 3.13. The molecule has 1 fully saturated rings. The number of aliphatic hydroxyl groups excluding tert-OH is 2. The molecule has 2 N–H and O–H groups in total. The summed E-state index contributed by atoms with van der Waals surface area (Å²) in [5.74, 6) is 0.660. The van der Waals surface area contributed by atoms with Crippen molar-refractivity contribution in [3.63, 3.8) is 0 Å². The average molecular weight is 203 g/mol. The van der Waals surface area contributed by atoms with Crippen molar-refractivity contribution in [2.24, 2.45) is 5.92 Å². The van der Waals surface area contributed by atoms with Crippen molar-refractivity contribution in [3.8, 4) is 0 Å². The summed E-state index contributed by atoms with van der Waals surface area (Å²) >= 11 is 0. The fourth-order valence-electron chi connectivity index (χ4n) is 1.77. The molecule has 1 rings (SSSR count). The third-order valence-corrected chi connectivity index (χ3v) is 2.63. The van der Waals surface area contributed by atoms with Gasteiger partial charge in [0.25, 0.3) is 0 Å². The van der Waals surface area contributed by atoms with Crippen LogP contribution in [0, 0.1) is 5.92 Å². The molecule has 0 aliphatic heterocycles. The molecule has 0 aromatic rings. The summed E-state index contributed by atoms with van der Waals surface area (Å²) in [4.78, 5) is 2.22. The van der Waals surface area contributed by atoms with E-state index < -0.39 is 0 Å². The second-order valence-corrected chi connectivity index (χ2v) is 4.09. The van der Waals surface area contributed by atoms with E-state index in [0.717, 1.165) is 25.9 Å². The molecular weight excluding hydrogens is 182 g/mol. The van der Waals surface area contributed by atoms with Gasteiger partial charge in [0.1, 0.15) is 0 Å². The van der Waals surface area contributed by atoms with Crippen LogP contribution in [0.1, 0.15) is 12.8 Å². The summed E-state index contributed by atoms with van der Waals surface area (Å²) in [7, 11) is 2.06. The minimum absolute atomic E-state index is 0.0564. The van der Waals surface area contributed by atoms with E-state index in [-0.39, 0.29) is 12.7 Å². The van der Waals surface area contributed by atoms with E-state index in [2.05, 4.69) is 11.9 Å². The molecule has 0 aromatic heterocycles. The molecule has 0 radical (unpaired) electrons. The van der Waals surface area contributed by atoms with Gasteiger partial charge in [-0.05, 0) is 25.8 Å². The lowest BCUT2D eigenvalue weighted by atomic mass is 9.82. The zero-order valence-corrected chi connectivity index (χ0v) is 8.85. The number of hydrogen-bond donors (Lipinski definition) is 2. The predicted octanol–water partition coefficient (Wildman–Crippen LogP) is -0.302. The highest BCUT2D eigenvalue weighted by Crippen LogP contribution is 2.27. The SMILES string of the molecule is CN(CCOCCO)CC1CC(O)C1. The Labute approximate surface area is 85.5 Å². The first-order valence-electron chi connectivity index (χ1n) is 5.27. The standard InChI is InChI=1S/C10H21NO3/c1-11(2-4-14-5-3-12)8-9-6-10(13)7-9/h9-10,12-13H,2-8H2,1H3. The maximum Gasteiger partial charge on any atom is 0.0698 e. The molecule has 4 heteroatoms. The topological polar surface area (TPSA) is 52.9 Å². The van der Waals surface area contributed by atoms with Gasteiger partial charge in [-0.2, -0.15) is 0 Å². The zero-order chi connectivity index (χ0) is 10.4. The molecule has 0 spiro atoms. The Morgan fingerprint density at radius 2 is 2.07 bits per heavy atom. The van der Waals surface area contributed by atoms with Crippen LogP contribution in [-0.4, -0.2) is 61.2 Å². The van der Waals surface area contributed by atoms with Gasteiger partial charge in [0.2, 0.25) is 0 Å². The third kappa shape index (κ3) is 4.37. The van der Waals surface area contributed by atoms with E-state index in [0.29, 0.717) is 19.1 Å². The zero-order valence-electron chi connectivity index (χ0n) is 8.85. The van der Waals surface area contributed by atoms with Crippen molar-refractivity contribution in [3.05, 3.63) is 0 Å². The highest BCUT2D eigenvalue weighted by atomic mass is 16.5. The van der Waals surface area contributed by atoms with E-state index in [1.54, 1.807) is 0 Å². The summed E-state index contributed by atoms with van der Waals surface area (Å²) < 4.78 is 5.17. The van der Waals surface area contributed by atoms with E-state index in [4.69, 9.17) is 14.9 Å². The van der Waals surface area contributed by atoms with Gasteiger partial charge in [-0.3, -0.25) is 0 Å². The van der Waals surface area contributed by atoms with E-state index in [1.807, 2.05) is 0 Å². The number of hydrogen-bond acceptors (Lipinski definition) is 4. The van der Waals surface area contributed by atoms with Crippen LogP contribution in [0.5, 0.6) is 0 Å². The minimum atomic E-state index is -0.0564. The minimum Gasteiger partial charge on any atom is -0.394 e. The van der Waals surface area contributed by atoms with Crippen molar-refractivity contribution in [1.29, 1.82) is 0 Å². The molecule has 0 unspecified atom stereocenters. The van der Waals surface area contributed by atoms with Crippen LogP contribution in [0.4, 0.5) is 0 Å². The van der Waals surface area contributed by atoms with Gasteiger partial charge in [0.05, 0.1) is 25.9 Å². The van der Waals surface area contributed by atoms with Gasteiger partial charge in [-0.1, -0.05) is 0 Å². The molecule has 0 amide bonds. The van der Waals surface area contributed by atoms with Crippen molar-refractivity contribution in [2.75, 3.05) is 40.0 Å². The number of nitrogens with zero attached hydrogens (tertiary/aromatic N) is 1. The first-order chi connectivity index (χ1) is 6.72. The fraction of sp³-hybridized carbons (Fsp3) is 1.00. The number of rotatable bonds is 7. The molecule has 0 aromatic carbocycles. The number of ether oxygens (including phenoxy) is 1. The summed E-state index contributed by atoms with van der Waals surface area (Å²) in [5.41, 5.74) is 0. The quantitative estimate of drug-likeness (QED) is 0.558. The summed E-state index contributed by atoms with van der Waals surface area (Å²) in [5, 5.41) is 17.6. The van der Waals surface area contributed by atoms with Crippen LogP contribution in [0.2, 0.25) is 0 Å². The van der Waals surface area contributed by atoms with Crippen molar-refractivity contribution in [2.45, 2.75) is 18.9 Å². The van der Waals surface area contributed by atoms with Gasteiger partial charge >= 0.3 is 0 Å². The first kappa shape index (κ1) is 11.9. The van der Waals surface area contributed by atoms with Crippen molar-refractivity contribution in [1.82, 2.24) is 4.90 Å². The smallest absolute Gasteiger partial charge is 0.0698 e. The molecule has 0 atom stereocenters. The van der Waals surface area contributed by atoms with Crippen LogP contribution < -0.4 is 0 Å². The molecule has 0 bridgehead atoms. The summed E-state index contributed by atoms with van der Waals surface area (Å²) in [6.07, 6.45) is 1.84. The van der Waals surface area contributed by atoms with Crippen molar-refractivity contribution < 1.29 is 14.9 Å². The molecule has 0 saturated heterocycles. The van der Waals surface area contributed by atoms with Crippen LogP contribution in [0.3, 0.4) is 0 Å². The Morgan fingerprint density at radius 1 is 1.36 bits per heavy atom. The Balaban J connectivity index is 1.91. The monoisotopic (exact) mass is 203 g/mol. The van der Waals surface area contributed by atoms with E-state index in [9.17, 15) is 0 Å². The lowest BCUT2D eigenvalue weighted by Gasteiger charge is -2.34. The second-order valence-electron chi connectivity index (χ2n) is 4.09. The van der Waals surface area contributed by atoms with Gasteiger partial charge in [-0.25, -0.2) is 0 Å². The second kappa shape index (κ2) is 6.35. The average Bonchev–Trinajstić information content (AvgIpc) is 2.10. The number of likely N-dealkylation sites (N-methyl/N-ethyl adjacent to an activating group) is 1. The Bertz CT molecular complexity index is 148. The van der Waals surface area contributed by atoms with Crippen LogP contribution in [0.15, 0.2) is 0 Å². The maximum absolute atomic E-state index is 9.11. The lowest BCUT2D eigenvalue weighted by molar-refractivity contribution is 0.0212. The predicted molar refractivity (Wildman–Crippen MR) is 54.1 cm³/mol. The Kier molecular flexibility index (Phi) is 5.40.